The maximum atomic E-state index is 14.8. The van der Waals surface area contributed by atoms with Crippen LogP contribution in [0.5, 0.6) is 0 Å². The minimum Gasteiger partial charge on any atom is -0.239 e. The van der Waals surface area contributed by atoms with Crippen molar-refractivity contribution in [3.8, 4) is 0 Å². The molecule has 3 aromatic rings. The number of benzene rings is 3. The van der Waals surface area contributed by atoms with E-state index in [0.29, 0.717) is 17.8 Å². The highest BCUT2D eigenvalue weighted by atomic mass is 35.5. The maximum Gasteiger partial charge on any atom is 0.130 e. The van der Waals surface area contributed by atoms with Crippen LogP contribution in [0.3, 0.4) is 0 Å². The molecule has 0 amide bonds. The molecule has 0 saturated heterocycles. The van der Waals surface area contributed by atoms with Gasteiger partial charge in [-0.3, -0.25) is 0 Å². The Balaban J connectivity index is 1.86. The van der Waals surface area contributed by atoms with Crippen molar-refractivity contribution in [1.82, 2.24) is 0 Å². The lowest BCUT2D eigenvalue weighted by molar-refractivity contribution is 0.219. The molecule has 0 bridgehead atoms. The second kappa shape index (κ2) is 11.1. The lowest BCUT2D eigenvalue weighted by atomic mass is 9.83. The molecule has 34 heavy (non-hydrogen) atoms. The molecule has 0 heterocycles. The number of rotatable bonds is 9. The quantitative estimate of drug-likeness (QED) is 0.287. The third-order valence-electron chi connectivity index (χ3n) is 7.02. The maximum absolute atomic E-state index is 14.8. The van der Waals surface area contributed by atoms with Gasteiger partial charge in [0.15, 0.2) is 0 Å². The van der Waals surface area contributed by atoms with Gasteiger partial charge in [0.1, 0.15) is 5.67 Å². The first-order valence-corrected chi connectivity index (χ1v) is 13.1. The Morgan fingerprint density at radius 1 is 0.765 bits per heavy atom. The number of aryl methyl sites for hydroxylation is 1. The Labute approximate surface area is 211 Å². The topological polar surface area (TPSA) is 0 Å². The van der Waals surface area contributed by atoms with Crippen LogP contribution in [-0.2, 0) is 24.9 Å². The second-order valence-electron chi connectivity index (χ2n) is 10.7. The molecule has 3 rings (SSSR count). The third kappa shape index (κ3) is 6.30. The SMILES string of the molecule is CCc1ccc(CC(C)c2ccccc2Cl)cc1C(C)Cc1ccc(C(C)(C)F)c(C(C)C)c1. The van der Waals surface area contributed by atoms with Gasteiger partial charge in [-0.2, -0.15) is 0 Å². The fourth-order valence-corrected chi connectivity index (χ4v) is 5.43. The summed E-state index contributed by atoms with van der Waals surface area (Å²) in [4.78, 5) is 0. The predicted molar refractivity (Wildman–Crippen MR) is 146 cm³/mol. The Morgan fingerprint density at radius 3 is 1.88 bits per heavy atom. The fraction of sp³-hybridized carbons (Fsp3) is 0.438. The summed E-state index contributed by atoms with van der Waals surface area (Å²) < 4.78 is 14.8. The molecule has 0 aliphatic carbocycles. The Kier molecular flexibility index (Phi) is 8.63. The highest BCUT2D eigenvalue weighted by Crippen LogP contribution is 2.35. The van der Waals surface area contributed by atoms with E-state index in [1.54, 1.807) is 13.8 Å². The van der Waals surface area contributed by atoms with Gasteiger partial charge >= 0.3 is 0 Å². The summed E-state index contributed by atoms with van der Waals surface area (Å²) in [5.41, 5.74) is 7.27. The van der Waals surface area contributed by atoms with E-state index in [0.717, 1.165) is 35.4 Å². The van der Waals surface area contributed by atoms with Gasteiger partial charge in [-0.15, -0.1) is 0 Å². The van der Waals surface area contributed by atoms with Crippen LogP contribution < -0.4 is 0 Å². The van der Waals surface area contributed by atoms with Crippen molar-refractivity contribution in [3.63, 3.8) is 0 Å². The molecule has 0 spiro atoms. The molecule has 0 aliphatic heterocycles. The van der Waals surface area contributed by atoms with Crippen molar-refractivity contribution >= 4 is 11.6 Å². The van der Waals surface area contributed by atoms with E-state index in [4.69, 9.17) is 11.6 Å². The number of hydrogen-bond donors (Lipinski definition) is 0. The van der Waals surface area contributed by atoms with E-state index in [9.17, 15) is 4.39 Å². The fourth-order valence-electron chi connectivity index (χ4n) is 5.11. The van der Waals surface area contributed by atoms with Crippen LogP contribution in [0.15, 0.2) is 60.7 Å². The van der Waals surface area contributed by atoms with Gasteiger partial charge in [-0.05, 0) is 95.9 Å². The van der Waals surface area contributed by atoms with Crippen LogP contribution >= 0.6 is 11.6 Å². The lowest BCUT2D eigenvalue weighted by Gasteiger charge is -2.24. The summed E-state index contributed by atoms with van der Waals surface area (Å²) in [7, 11) is 0. The number of alkyl halides is 1. The molecule has 0 aromatic heterocycles. The van der Waals surface area contributed by atoms with E-state index in [1.807, 2.05) is 18.2 Å². The molecule has 0 saturated carbocycles. The van der Waals surface area contributed by atoms with Crippen LogP contribution in [0.2, 0.25) is 5.02 Å². The molecule has 0 aliphatic rings. The molecule has 0 radical (unpaired) electrons. The van der Waals surface area contributed by atoms with Gasteiger partial charge in [-0.25, -0.2) is 4.39 Å². The van der Waals surface area contributed by atoms with Gasteiger partial charge < -0.3 is 0 Å². The summed E-state index contributed by atoms with van der Waals surface area (Å²) in [5.74, 6) is 1.03. The highest BCUT2D eigenvalue weighted by molar-refractivity contribution is 6.31. The largest absolute Gasteiger partial charge is 0.239 e. The summed E-state index contributed by atoms with van der Waals surface area (Å²) in [6.07, 6.45) is 2.93. The van der Waals surface area contributed by atoms with Gasteiger partial charge in [0.2, 0.25) is 0 Å². The Hall–Kier alpha value is -2.12. The zero-order valence-electron chi connectivity index (χ0n) is 21.9. The van der Waals surface area contributed by atoms with Gasteiger partial charge in [-0.1, -0.05) is 101 Å². The Bertz CT molecular complexity index is 1110. The average molecular weight is 479 g/mol. The first-order valence-electron chi connectivity index (χ1n) is 12.7. The minimum atomic E-state index is -1.33. The molecule has 3 aromatic carbocycles. The van der Waals surface area contributed by atoms with Gasteiger partial charge in [0.05, 0.1) is 0 Å². The second-order valence-corrected chi connectivity index (χ2v) is 11.1. The van der Waals surface area contributed by atoms with Gasteiger partial charge in [0.25, 0.3) is 0 Å². The summed E-state index contributed by atoms with van der Waals surface area (Å²) >= 11 is 6.46. The zero-order chi connectivity index (χ0) is 25.0. The van der Waals surface area contributed by atoms with Crippen LogP contribution in [0, 0.1) is 0 Å². The van der Waals surface area contributed by atoms with Crippen molar-refractivity contribution in [2.45, 2.75) is 91.2 Å². The van der Waals surface area contributed by atoms with Crippen LogP contribution in [0.4, 0.5) is 4.39 Å². The molecular formula is C32H40ClF. The molecule has 0 nitrogen and oxygen atoms in total. The van der Waals surface area contributed by atoms with Gasteiger partial charge in [0, 0.05) is 5.02 Å². The first kappa shape index (κ1) is 26.5. The van der Waals surface area contributed by atoms with E-state index in [1.165, 1.54) is 27.8 Å². The van der Waals surface area contributed by atoms with Crippen molar-refractivity contribution in [1.29, 1.82) is 0 Å². The zero-order valence-corrected chi connectivity index (χ0v) is 22.6. The van der Waals surface area contributed by atoms with Crippen LogP contribution in [-0.4, -0.2) is 0 Å². The monoisotopic (exact) mass is 478 g/mol. The standard InChI is InChI=1S/C32H40ClF/c1-8-26-15-13-24(17-22(4)27-11-9-10-12-31(27)33)20-29(26)23(5)18-25-14-16-30(32(6,7)34)28(19-25)21(2)3/h9-16,19-23H,8,17-18H2,1-7H3. The number of halogens is 2. The average Bonchev–Trinajstić information content (AvgIpc) is 2.78. The Morgan fingerprint density at radius 2 is 1.32 bits per heavy atom. The lowest BCUT2D eigenvalue weighted by Crippen LogP contribution is -2.14. The van der Waals surface area contributed by atoms with Crippen molar-refractivity contribution in [2.75, 3.05) is 0 Å². The van der Waals surface area contributed by atoms with Crippen molar-refractivity contribution < 1.29 is 4.39 Å². The highest BCUT2D eigenvalue weighted by Gasteiger charge is 2.24. The van der Waals surface area contributed by atoms with Crippen molar-refractivity contribution in [2.24, 2.45) is 0 Å². The van der Waals surface area contributed by atoms with Crippen LogP contribution in [0.1, 0.15) is 105 Å². The molecule has 0 fully saturated rings. The predicted octanol–water partition coefficient (Wildman–Crippen LogP) is 9.92. The molecule has 2 atom stereocenters. The van der Waals surface area contributed by atoms with E-state index in [2.05, 4.69) is 77.1 Å². The first-order chi connectivity index (χ1) is 16.0. The van der Waals surface area contributed by atoms with Crippen molar-refractivity contribution in [3.05, 3.63) is 105 Å². The smallest absolute Gasteiger partial charge is 0.130 e. The van der Waals surface area contributed by atoms with E-state index >= 15 is 0 Å². The third-order valence-corrected chi connectivity index (χ3v) is 7.36. The minimum absolute atomic E-state index is 0.293. The van der Waals surface area contributed by atoms with Crippen LogP contribution in [0.25, 0.3) is 0 Å². The summed E-state index contributed by atoms with van der Waals surface area (Å²) in [6.45, 7) is 14.4. The van der Waals surface area contributed by atoms with E-state index in [-0.39, 0.29) is 0 Å². The van der Waals surface area contributed by atoms with E-state index < -0.39 is 5.67 Å². The number of hydrogen-bond acceptors (Lipinski definition) is 0. The summed E-state index contributed by atoms with van der Waals surface area (Å²) in [6, 6.07) is 21.5. The molecule has 182 valence electrons. The molecule has 2 unspecified atom stereocenters. The summed E-state index contributed by atoms with van der Waals surface area (Å²) in [5, 5.41) is 0.842. The molecular weight excluding hydrogens is 439 g/mol. The normalized spacial score (nSPS) is 13.8. The molecule has 0 N–H and O–H groups in total. The molecule has 2 heteroatoms.